The van der Waals surface area contributed by atoms with E-state index in [1.807, 2.05) is 0 Å². The van der Waals surface area contributed by atoms with Crippen molar-refractivity contribution in [2.75, 3.05) is 0 Å². The molecule has 0 aromatic carbocycles. The molecule has 0 bridgehead atoms. The number of alkyl halides is 4. The van der Waals surface area contributed by atoms with Crippen molar-refractivity contribution in [2.45, 2.75) is 96.2 Å². The lowest BCUT2D eigenvalue weighted by Crippen LogP contribution is -2.39. The standard InChI is InChI=1S/C20H32F4O.H2O/c1-13-2-4-14(5-3-13)15-6-8-16(9-7-15)17-10-11-19(18(21)12-17)25-20(22,23)24;/h13-19H,2-12H2,1H3;1H2. The summed E-state index contributed by atoms with van der Waals surface area (Å²) in [5.41, 5.74) is 0. The minimum atomic E-state index is -4.72. The molecule has 0 saturated heterocycles. The average molecular weight is 382 g/mol. The van der Waals surface area contributed by atoms with Crippen molar-refractivity contribution in [1.29, 1.82) is 0 Å². The van der Waals surface area contributed by atoms with Gasteiger partial charge in [0.05, 0.1) is 6.10 Å². The van der Waals surface area contributed by atoms with Gasteiger partial charge >= 0.3 is 6.36 Å². The normalized spacial score (nSPS) is 42.1. The third kappa shape index (κ3) is 5.82. The van der Waals surface area contributed by atoms with Crippen molar-refractivity contribution in [1.82, 2.24) is 0 Å². The molecule has 0 aromatic heterocycles. The predicted octanol–water partition coefficient (Wildman–Crippen LogP) is 5.84. The van der Waals surface area contributed by atoms with Gasteiger partial charge in [0.25, 0.3) is 0 Å². The Morgan fingerprint density at radius 2 is 1.12 bits per heavy atom. The fourth-order valence-corrected chi connectivity index (χ4v) is 5.70. The topological polar surface area (TPSA) is 40.7 Å². The van der Waals surface area contributed by atoms with Gasteiger partial charge in [0, 0.05) is 0 Å². The minimum Gasteiger partial charge on any atom is -0.412 e. The molecule has 3 unspecified atom stereocenters. The van der Waals surface area contributed by atoms with Crippen LogP contribution >= 0.6 is 0 Å². The van der Waals surface area contributed by atoms with Crippen molar-refractivity contribution in [3.63, 3.8) is 0 Å². The predicted molar refractivity (Wildman–Crippen MR) is 93.3 cm³/mol. The van der Waals surface area contributed by atoms with Gasteiger partial charge in [-0.15, -0.1) is 13.2 Å². The maximum absolute atomic E-state index is 14.2. The van der Waals surface area contributed by atoms with Crippen molar-refractivity contribution < 1.29 is 27.8 Å². The number of ether oxygens (including phenoxy) is 1. The summed E-state index contributed by atoms with van der Waals surface area (Å²) in [6.45, 7) is 2.35. The van der Waals surface area contributed by atoms with E-state index >= 15 is 0 Å². The van der Waals surface area contributed by atoms with Crippen LogP contribution in [0.25, 0.3) is 0 Å². The van der Waals surface area contributed by atoms with E-state index in [0.717, 1.165) is 30.6 Å². The van der Waals surface area contributed by atoms with E-state index < -0.39 is 18.6 Å². The Morgan fingerprint density at radius 1 is 0.692 bits per heavy atom. The maximum Gasteiger partial charge on any atom is 0.522 e. The third-order valence-corrected chi connectivity index (χ3v) is 7.25. The number of hydrogen-bond donors (Lipinski definition) is 0. The van der Waals surface area contributed by atoms with Gasteiger partial charge in [-0.05, 0) is 87.4 Å². The molecule has 2 N–H and O–H groups in total. The lowest BCUT2D eigenvalue weighted by Gasteiger charge is -2.41. The van der Waals surface area contributed by atoms with E-state index in [2.05, 4.69) is 11.7 Å². The smallest absolute Gasteiger partial charge is 0.412 e. The van der Waals surface area contributed by atoms with E-state index in [0.29, 0.717) is 12.3 Å². The SMILES string of the molecule is CC1CCC(C2CCC(C3CCC(OC(F)(F)F)C(F)C3)CC2)CC1.O. The molecule has 6 heteroatoms. The van der Waals surface area contributed by atoms with Gasteiger partial charge < -0.3 is 5.48 Å². The fraction of sp³-hybridized carbons (Fsp3) is 1.00. The highest BCUT2D eigenvalue weighted by Crippen LogP contribution is 2.46. The van der Waals surface area contributed by atoms with E-state index in [9.17, 15) is 17.6 Å². The molecule has 26 heavy (non-hydrogen) atoms. The second-order valence-corrected chi connectivity index (χ2v) is 8.89. The van der Waals surface area contributed by atoms with Crippen molar-refractivity contribution in [3.8, 4) is 0 Å². The number of rotatable bonds is 3. The molecule has 0 aliphatic heterocycles. The third-order valence-electron chi connectivity index (χ3n) is 7.25. The van der Waals surface area contributed by atoms with Gasteiger partial charge in [0.15, 0.2) is 0 Å². The molecule has 0 radical (unpaired) electrons. The molecule has 154 valence electrons. The zero-order valence-electron chi connectivity index (χ0n) is 15.7. The van der Waals surface area contributed by atoms with Crippen LogP contribution < -0.4 is 0 Å². The van der Waals surface area contributed by atoms with Crippen LogP contribution in [0.1, 0.15) is 77.6 Å². The van der Waals surface area contributed by atoms with Crippen LogP contribution in [0.4, 0.5) is 17.6 Å². The molecule has 0 aromatic rings. The zero-order chi connectivity index (χ0) is 18.0. The molecule has 3 saturated carbocycles. The summed E-state index contributed by atoms with van der Waals surface area (Å²) in [7, 11) is 0. The molecule has 3 rings (SSSR count). The Morgan fingerprint density at radius 3 is 1.58 bits per heavy atom. The largest absolute Gasteiger partial charge is 0.522 e. The summed E-state index contributed by atoms with van der Waals surface area (Å²) in [6.07, 6.45) is 3.82. The molecule has 2 nitrogen and oxygen atoms in total. The Labute approximate surface area is 154 Å². The second-order valence-electron chi connectivity index (χ2n) is 8.89. The van der Waals surface area contributed by atoms with E-state index in [-0.39, 0.29) is 24.2 Å². The minimum absolute atomic E-state index is 0. The van der Waals surface area contributed by atoms with Crippen LogP contribution in [0.5, 0.6) is 0 Å². The van der Waals surface area contributed by atoms with Gasteiger partial charge in [-0.25, -0.2) is 4.39 Å². The summed E-state index contributed by atoms with van der Waals surface area (Å²) in [5, 5.41) is 0. The molecule has 3 atom stereocenters. The van der Waals surface area contributed by atoms with E-state index in [1.165, 1.54) is 38.5 Å². The summed E-state index contributed by atoms with van der Waals surface area (Å²) in [5.74, 6) is 3.33. The van der Waals surface area contributed by atoms with Crippen LogP contribution in [0.3, 0.4) is 0 Å². The van der Waals surface area contributed by atoms with Gasteiger partial charge in [-0.3, -0.25) is 4.74 Å². The molecule has 0 amide bonds. The summed E-state index contributed by atoms with van der Waals surface area (Å²) >= 11 is 0. The molecular formula is C20H34F4O2. The number of halogens is 4. The fourth-order valence-electron chi connectivity index (χ4n) is 5.70. The van der Waals surface area contributed by atoms with Crippen molar-refractivity contribution >= 4 is 0 Å². The Bertz CT molecular complexity index is 413. The quantitative estimate of drug-likeness (QED) is 0.566. The highest BCUT2D eigenvalue weighted by molar-refractivity contribution is 4.88. The first-order valence-electron chi connectivity index (χ1n) is 10.2. The van der Waals surface area contributed by atoms with Crippen LogP contribution in [0, 0.1) is 29.6 Å². The van der Waals surface area contributed by atoms with Crippen LogP contribution in [0.2, 0.25) is 0 Å². The Kier molecular flexibility index (Phi) is 7.78. The van der Waals surface area contributed by atoms with Crippen LogP contribution in [-0.4, -0.2) is 24.1 Å². The first kappa shape index (κ1) is 21.9. The molecule has 0 heterocycles. The first-order chi connectivity index (χ1) is 11.8. The van der Waals surface area contributed by atoms with Crippen molar-refractivity contribution in [3.05, 3.63) is 0 Å². The zero-order valence-corrected chi connectivity index (χ0v) is 15.7. The van der Waals surface area contributed by atoms with Crippen LogP contribution in [0.15, 0.2) is 0 Å². The Hall–Kier alpha value is -0.360. The van der Waals surface area contributed by atoms with E-state index in [4.69, 9.17) is 0 Å². The first-order valence-corrected chi connectivity index (χ1v) is 10.2. The highest BCUT2D eigenvalue weighted by atomic mass is 19.4. The lowest BCUT2D eigenvalue weighted by atomic mass is 9.65. The van der Waals surface area contributed by atoms with Gasteiger partial charge in [0.2, 0.25) is 0 Å². The monoisotopic (exact) mass is 382 g/mol. The van der Waals surface area contributed by atoms with Gasteiger partial charge in [0.1, 0.15) is 6.17 Å². The average Bonchev–Trinajstić information content (AvgIpc) is 2.56. The summed E-state index contributed by atoms with van der Waals surface area (Å²) in [6, 6.07) is 0. The van der Waals surface area contributed by atoms with Crippen molar-refractivity contribution in [2.24, 2.45) is 29.6 Å². The van der Waals surface area contributed by atoms with Crippen LogP contribution in [-0.2, 0) is 4.74 Å². The highest BCUT2D eigenvalue weighted by Gasteiger charge is 2.42. The molecule has 3 fully saturated rings. The van der Waals surface area contributed by atoms with Gasteiger partial charge in [-0.2, -0.15) is 0 Å². The lowest BCUT2D eigenvalue weighted by molar-refractivity contribution is -0.352. The molecule has 3 aliphatic carbocycles. The van der Waals surface area contributed by atoms with Gasteiger partial charge in [-0.1, -0.05) is 19.8 Å². The molecular weight excluding hydrogens is 348 g/mol. The molecule has 3 aliphatic rings. The number of hydrogen-bond acceptors (Lipinski definition) is 1. The molecule has 0 spiro atoms. The summed E-state index contributed by atoms with van der Waals surface area (Å²) in [4.78, 5) is 0. The summed E-state index contributed by atoms with van der Waals surface area (Å²) < 4.78 is 55.1. The Balaban J connectivity index is 0.00000243. The van der Waals surface area contributed by atoms with E-state index in [1.54, 1.807) is 0 Å². The second kappa shape index (κ2) is 9.22. The maximum atomic E-state index is 14.2.